The normalized spacial score (nSPS) is 10.8. The van der Waals surface area contributed by atoms with Crippen LogP contribution in [0.15, 0.2) is 42.6 Å². The van der Waals surface area contributed by atoms with Crippen molar-refractivity contribution in [2.24, 2.45) is 0 Å². The average Bonchev–Trinajstić information content (AvgIpc) is 2.92. The van der Waals surface area contributed by atoms with Crippen molar-refractivity contribution < 1.29 is 0 Å². The van der Waals surface area contributed by atoms with Gasteiger partial charge in [-0.25, -0.2) is 9.97 Å². The van der Waals surface area contributed by atoms with Crippen LogP contribution in [0, 0.1) is 0 Å². The first-order valence-electron chi connectivity index (χ1n) is 6.65. The first-order chi connectivity index (χ1) is 10.2. The maximum absolute atomic E-state index is 5.97. The van der Waals surface area contributed by atoms with Crippen LogP contribution in [0.3, 0.4) is 0 Å². The van der Waals surface area contributed by atoms with Gasteiger partial charge < -0.3 is 5.73 Å². The number of nitrogens with two attached hydrogens (primary N) is 1. The van der Waals surface area contributed by atoms with Crippen LogP contribution in [0.2, 0.25) is 5.02 Å². The fourth-order valence-corrected chi connectivity index (χ4v) is 3.25. The minimum Gasteiger partial charge on any atom is -0.384 e. The van der Waals surface area contributed by atoms with E-state index in [0.29, 0.717) is 5.82 Å². The zero-order chi connectivity index (χ0) is 14.8. The highest BCUT2D eigenvalue weighted by Crippen LogP contribution is 2.37. The SMILES string of the molecule is CCc1nc(-c2ccc(Cl)cc2)c(-c2ccnc(N)c2)s1. The molecule has 0 amide bonds. The van der Waals surface area contributed by atoms with E-state index < -0.39 is 0 Å². The van der Waals surface area contributed by atoms with E-state index in [9.17, 15) is 0 Å². The third-order valence-corrected chi connectivity index (χ3v) is 4.64. The molecule has 0 bridgehead atoms. The summed E-state index contributed by atoms with van der Waals surface area (Å²) in [5, 5.41) is 1.82. The molecule has 0 saturated heterocycles. The Morgan fingerprint density at radius 1 is 1.14 bits per heavy atom. The Bertz CT molecular complexity index is 765. The van der Waals surface area contributed by atoms with Gasteiger partial charge in [-0.1, -0.05) is 30.7 Å². The zero-order valence-corrected chi connectivity index (χ0v) is 13.1. The summed E-state index contributed by atoms with van der Waals surface area (Å²) in [6, 6.07) is 11.6. The van der Waals surface area contributed by atoms with Crippen LogP contribution in [0.5, 0.6) is 0 Å². The highest BCUT2D eigenvalue weighted by Gasteiger charge is 2.14. The Morgan fingerprint density at radius 3 is 2.57 bits per heavy atom. The van der Waals surface area contributed by atoms with Crippen molar-refractivity contribution in [3.63, 3.8) is 0 Å². The second-order valence-corrected chi connectivity index (χ2v) is 6.14. The lowest BCUT2D eigenvalue weighted by Gasteiger charge is -2.03. The van der Waals surface area contributed by atoms with Crippen molar-refractivity contribution in [3.8, 4) is 21.7 Å². The molecule has 0 unspecified atom stereocenters. The molecule has 2 aromatic heterocycles. The number of hydrogen-bond acceptors (Lipinski definition) is 4. The average molecular weight is 316 g/mol. The third kappa shape index (κ3) is 2.91. The Hall–Kier alpha value is -1.91. The van der Waals surface area contributed by atoms with Gasteiger partial charge in [0.05, 0.1) is 15.6 Å². The van der Waals surface area contributed by atoms with Crippen LogP contribution < -0.4 is 5.73 Å². The summed E-state index contributed by atoms with van der Waals surface area (Å²) in [5.74, 6) is 0.515. The predicted molar refractivity (Wildman–Crippen MR) is 89.6 cm³/mol. The maximum atomic E-state index is 5.97. The molecule has 3 rings (SSSR count). The molecule has 0 saturated carbocycles. The van der Waals surface area contributed by atoms with Crippen LogP contribution in [-0.2, 0) is 6.42 Å². The lowest BCUT2D eigenvalue weighted by atomic mass is 10.1. The van der Waals surface area contributed by atoms with E-state index in [1.165, 1.54) is 0 Å². The summed E-state index contributed by atoms with van der Waals surface area (Å²) in [6.45, 7) is 2.11. The van der Waals surface area contributed by atoms with Crippen molar-refractivity contribution in [2.45, 2.75) is 13.3 Å². The molecule has 2 heterocycles. The highest BCUT2D eigenvalue weighted by molar-refractivity contribution is 7.15. The van der Waals surface area contributed by atoms with Crippen LogP contribution in [0.1, 0.15) is 11.9 Å². The molecule has 0 aliphatic heterocycles. The largest absolute Gasteiger partial charge is 0.384 e. The predicted octanol–water partition coefficient (Wildman–Crippen LogP) is 4.67. The molecular formula is C16H14ClN3S. The summed E-state index contributed by atoms with van der Waals surface area (Å²) < 4.78 is 0. The number of hydrogen-bond donors (Lipinski definition) is 1. The molecule has 21 heavy (non-hydrogen) atoms. The molecule has 2 N–H and O–H groups in total. The van der Waals surface area contributed by atoms with Gasteiger partial charge in [-0.05, 0) is 36.2 Å². The van der Waals surface area contributed by atoms with Gasteiger partial charge in [-0.3, -0.25) is 0 Å². The van der Waals surface area contributed by atoms with Gasteiger partial charge in [0.25, 0.3) is 0 Å². The number of thiazole rings is 1. The molecule has 106 valence electrons. The van der Waals surface area contributed by atoms with Gasteiger partial charge in [0.1, 0.15) is 5.82 Å². The van der Waals surface area contributed by atoms with Crippen molar-refractivity contribution >= 4 is 28.8 Å². The molecule has 5 heteroatoms. The van der Waals surface area contributed by atoms with E-state index in [-0.39, 0.29) is 0 Å². The van der Waals surface area contributed by atoms with Crippen LogP contribution in [-0.4, -0.2) is 9.97 Å². The van der Waals surface area contributed by atoms with E-state index >= 15 is 0 Å². The van der Waals surface area contributed by atoms with Gasteiger partial charge in [-0.2, -0.15) is 0 Å². The molecule has 0 aliphatic carbocycles. The van der Waals surface area contributed by atoms with Gasteiger partial charge in [-0.15, -0.1) is 11.3 Å². The number of pyridine rings is 1. The number of aromatic nitrogens is 2. The Labute approximate surface area is 132 Å². The second kappa shape index (κ2) is 5.84. The quantitative estimate of drug-likeness (QED) is 0.764. The van der Waals surface area contributed by atoms with Gasteiger partial charge in [0.15, 0.2) is 0 Å². The molecule has 0 radical (unpaired) electrons. The molecule has 1 aromatic carbocycles. The summed E-state index contributed by atoms with van der Waals surface area (Å²) in [7, 11) is 0. The topological polar surface area (TPSA) is 51.8 Å². The minimum atomic E-state index is 0.515. The van der Waals surface area contributed by atoms with E-state index in [1.54, 1.807) is 17.5 Å². The van der Waals surface area contributed by atoms with Gasteiger partial charge in [0.2, 0.25) is 0 Å². The minimum absolute atomic E-state index is 0.515. The van der Waals surface area contributed by atoms with Crippen LogP contribution in [0.25, 0.3) is 21.7 Å². The molecule has 0 aliphatic rings. The van der Waals surface area contributed by atoms with Crippen molar-refractivity contribution in [3.05, 3.63) is 52.6 Å². The molecule has 0 spiro atoms. The van der Waals surface area contributed by atoms with Crippen molar-refractivity contribution in [2.75, 3.05) is 5.73 Å². The zero-order valence-electron chi connectivity index (χ0n) is 11.5. The molecule has 3 aromatic rings. The Balaban J connectivity index is 2.16. The first kappa shape index (κ1) is 14.0. The van der Waals surface area contributed by atoms with Gasteiger partial charge in [0, 0.05) is 16.8 Å². The smallest absolute Gasteiger partial charge is 0.123 e. The Morgan fingerprint density at radius 2 is 1.90 bits per heavy atom. The Kier molecular flexibility index (Phi) is 3.90. The molecular weight excluding hydrogens is 302 g/mol. The summed E-state index contributed by atoms with van der Waals surface area (Å²) in [6.07, 6.45) is 2.63. The number of anilines is 1. The first-order valence-corrected chi connectivity index (χ1v) is 7.84. The fraction of sp³-hybridized carbons (Fsp3) is 0.125. The number of nitrogen functional groups attached to an aromatic ring is 1. The van der Waals surface area contributed by atoms with E-state index in [2.05, 4.69) is 11.9 Å². The van der Waals surface area contributed by atoms with Crippen molar-refractivity contribution in [1.82, 2.24) is 9.97 Å². The molecule has 3 nitrogen and oxygen atoms in total. The molecule has 0 atom stereocenters. The number of benzene rings is 1. The third-order valence-electron chi connectivity index (χ3n) is 3.13. The van der Waals surface area contributed by atoms with Crippen LogP contribution >= 0.6 is 22.9 Å². The summed E-state index contributed by atoms with van der Waals surface area (Å²) in [4.78, 5) is 9.91. The van der Waals surface area contributed by atoms with E-state index in [1.807, 2.05) is 36.4 Å². The highest BCUT2D eigenvalue weighted by atomic mass is 35.5. The number of rotatable bonds is 3. The van der Waals surface area contributed by atoms with Gasteiger partial charge >= 0.3 is 0 Å². The second-order valence-electron chi connectivity index (χ2n) is 4.62. The lowest BCUT2D eigenvalue weighted by molar-refractivity contribution is 1.10. The number of nitrogens with zero attached hydrogens (tertiary/aromatic N) is 2. The lowest BCUT2D eigenvalue weighted by Crippen LogP contribution is -1.89. The monoisotopic (exact) mass is 315 g/mol. The van der Waals surface area contributed by atoms with Crippen molar-refractivity contribution in [1.29, 1.82) is 0 Å². The fourth-order valence-electron chi connectivity index (χ4n) is 2.10. The summed E-state index contributed by atoms with van der Waals surface area (Å²) in [5.41, 5.74) is 8.87. The molecule has 0 fully saturated rings. The summed E-state index contributed by atoms with van der Waals surface area (Å²) >= 11 is 7.66. The number of halogens is 1. The number of aryl methyl sites for hydroxylation is 1. The van der Waals surface area contributed by atoms with Crippen LogP contribution in [0.4, 0.5) is 5.82 Å². The van der Waals surface area contributed by atoms with E-state index in [4.69, 9.17) is 22.3 Å². The van der Waals surface area contributed by atoms with E-state index in [0.717, 1.165) is 38.1 Å². The maximum Gasteiger partial charge on any atom is 0.123 e. The standard InChI is InChI=1S/C16H14ClN3S/c1-2-14-20-15(10-3-5-12(17)6-4-10)16(21-14)11-7-8-19-13(18)9-11/h3-9H,2H2,1H3,(H2,18,19).